The summed E-state index contributed by atoms with van der Waals surface area (Å²) in [5.41, 5.74) is 0.0111. The number of hydrogen-bond donors (Lipinski definition) is 2. The van der Waals surface area contributed by atoms with E-state index in [1.165, 1.54) is 0 Å². The number of aliphatic hydroxyl groups is 2. The van der Waals surface area contributed by atoms with Crippen LogP contribution in [-0.4, -0.2) is 34.9 Å². The van der Waals surface area contributed by atoms with Crippen LogP contribution in [0.25, 0.3) is 0 Å². The Kier molecular flexibility index (Phi) is 3.19. The Balaban J connectivity index is 1.96. The van der Waals surface area contributed by atoms with E-state index in [4.69, 9.17) is 9.47 Å². The van der Waals surface area contributed by atoms with Crippen molar-refractivity contribution in [2.75, 3.05) is 0 Å². The molecule has 2 aliphatic heterocycles. The van der Waals surface area contributed by atoms with E-state index in [1.807, 2.05) is 6.92 Å². The average Bonchev–Trinajstić information content (AvgIpc) is 2.55. The third kappa shape index (κ3) is 1.91. The second kappa shape index (κ2) is 4.55. The molecule has 20 heavy (non-hydrogen) atoms. The van der Waals surface area contributed by atoms with Gasteiger partial charge in [-0.1, -0.05) is 20.4 Å². The Morgan fingerprint density at radius 3 is 2.75 bits per heavy atom. The van der Waals surface area contributed by atoms with Crippen molar-refractivity contribution in [3.8, 4) is 0 Å². The normalized spacial score (nSPS) is 52.0. The summed E-state index contributed by atoms with van der Waals surface area (Å²) in [5.74, 6) is -0.00537. The molecule has 3 rings (SSSR count). The van der Waals surface area contributed by atoms with Gasteiger partial charge in [0.2, 0.25) is 0 Å². The van der Waals surface area contributed by atoms with E-state index in [2.05, 4.69) is 13.5 Å². The number of ether oxygens (including phenoxy) is 2. The van der Waals surface area contributed by atoms with Crippen molar-refractivity contribution in [3.05, 3.63) is 12.2 Å². The Morgan fingerprint density at radius 1 is 1.35 bits per heavy atom. The van der Waals surface area contributed by atoms with Crippen LogP contribution in [0.5, 0.6) is 0 Å². The van der Waals surface area contributed by atoms with E-state index in [0.29, 0.717) is 18.4 Å². The molecule has 3 fully saturated rings. The molecule has 0 bridgehead atoms. The minimum atomic E-state index is -1.03. The predicted molar refractivity (Wildman–Crippen MR) is 70.2 cm³/mol. The number of rotatable bonds is 0. The predicted octanol–water partition coefficient (Wildman–Crippen LogP) is 1.19. The van der Waals surface area contributed by atoms with E-state index >= 15 is 0 Å². The van der Waals surface area contributed by atoms with Crippen molar-refractivity contribution >= 4 is 5.97 Å². The second-order valence-electron chi connectivity index (χ2n) is 6.78. The smallest absolute Gasteiger partial charge is 0.334 e. The van der Waals surface area contributed by atoms with Gasteiger partial charge in [0.1, 0.15) is 6.10 Å². The molecule has 112 valence electrons. The van der Waals surface area contributed by atoms with Crippen molar-refractivity contribution in [1.82, 2.24) is 0 Å². The maximum atomic E-state index is 11.7. The number of hydrogen-bond acceptors (Lipinski definition) is 5. The van der Waals surface area contributed by atoms with E-state index in [-0.39, 0.29) is 29.8 Å². The van der Waals surface area contributed by atoms with Crippen LogP contribution in [0.2, 0.25) is 0 Å². The molecule has 0 unspecified atom stereocenters. The highest BCUT2D eigenvalue weighted by Gasteiger charge is 2.56. The molecular weight excluding hydrogens is 260 g/mol. The highest BCUT2D eigenvalue weighted by Crippen LogP contribution is 2.54. The highest BCUT2D eigenvalue weighted by atomic mass is 16.7. The van der Waals surface area contributed by atoms with Crippen molar-refractivity contribution < 1.29 is 24.5 Å². The number of fused-ring (bicyclic) bond motifs is 2. The van der Waals surface area contributed by atoms with Gasteiger partial charge in [-0.05, 0) is 24.7 Å². The van der Waals surface area contributed by atoms with Gasteiger partial charge >= 0.3 is 5.97 Å². The van der Waals surface area contributed by atoms with E-state index < -0.39 is 18.0 Å². The van der Waals surface area contributed by atoms with E-state index in [0.717, 1.165) is 6.42 Å². The Bertz CT molecular complexity index is 448. The van der Waals surface area contributed by atoms with Gasteiger partial charge in [0.25, 0.3) is 0 Å². The zero-order valence-corrected chi connectivity index (χ0v) is 11.9. The topological polar surface area (TPSA) is 76.0 Å². The SMILES string of the molecule is C=C1C(=O)O[C@H]2C[C@H](C)[C@H]3C[C@H](O)O[C@H](O)[C@]3(C)C[C@@H]12. The summed E-state index contributed by atoms with van der Waals surface area (Å²) in [4.78, 5) is 11.7. The molecule has 0 aromatic heterocycles. The molecule has 0 spiro atoms. The number of carbonyl (C=O) groups is 1. The van der Waals surface area contributed by atoms with Gasteiger partial charge in [0.15, 0.2) is 12.6 Å². The molecular formula is C15H22O5. The fourth-order valence-electron chi connectivity index (χ4n) is 4.31. The third-order valence-corrected chi connectivity index (χ3v) is 5.52. The van der Waals surface area contributed by atoms with Gasteiger partial charge < -0.3 is 19.7 Å². The Hall–Kier alpha value is -0.910. The van der Waals surface area contributed by atoms with Crippen LogP contribution in [0.4, 0.5) is 0 Å². The standard InChI is InChI=1S/C15H22O5/c1-7-4-11-9(8(2)13(17)19-11)6-15(3)10(7)5-12(16)20-14(15)18/h7,9-12,14,16,18H,2,4-6H2,1,3H3/t7-,9-,10+,11-,12+,14-,15+/m0/s1. The summed E-state index contributed by atoms with van der Waals surface area (Å²) in [7, 11) is 0. The van der Waals surface area contributed by atoms with Crippen LogP contribution >= 0.6 is 0 Å². The molecule has 2 N–H and O–H groups in total. The van der Waals surface area contributed by atoms with Crippen LogP contribution in [0.1, 0.15) is 33.1 Å². The number of aliphatic hydroxyl groups excluding tert-OH is 2. The molecule has 3 aliphatic rings. The van der Waals surface area contributed by atoms with Crippen LogP contribution in [0.15, 0.2) is 12.2 Å². The molecule has 1 saturated carbocycles. The fourth-order valence-corrected chi connectivity index (χ4v) is 4.31. The molecule has 0 aromatic rings. The van der Waals surface area contributed by atoms with Crippen molar-refractivity contribution in [3.63, 3.8) is 0 Å². The molecule has 0 radical (unpaired) electrons. The average molecular weight is 282 g/mol. The van der Waals surface area contributed by atoms with Gasteiger partial charge in [-0.25, -0.2) is 4.79 Å². The second-order valence-corrected chi connectivity index (χ2v) is 6.78. The first-order valence-electron chi connectivity index (χ1n) is 7.24. The van der Waals surface area contributed by atoms with Gasteiger partial charge in [0, 0.05) is 23.3 Å². The van der Waals surface area contributed by atoms with Crippen LogP contribution in [0.3, 0.4) is 0 Å². The molecule has 5 heteroatoms. The molecule has 2 heterocycles. The van der Waals surface area contributed by atoms with Crippen molar-refractivity contribution in [2.24, 2.45) is 23.2 Å². The van der Waals surface area contributed by atoms with Crippen LogP contribution < -0.4 is 0 Å². The first-order valence-corrected chi connectivity index (χ1v) is 7.24. The summed E-state index contributed by atoms with van der Waals surface area (Å²) in [5, 5.41) is 20.1. The summed E-state index contributed by atoms with van der Waals surface area (Å²) in [6, 6.07) is 0. The first kappa shape index (κ1) is 14.0. The lowest BCUT2D eigenvalue weighted by atomic mass is 9.65. The summed E-state index contributed by atoms with van der Waals surface area (Å²) in [6.07, 6.45) is -0.249. The lowest BCUT2D eigenvalue weighted by Crippen LogP contribution is -2.51. The number of esters is 1. The zero-order valence-electron chi connectivity index (χ0n) is 11.9. The number of carbonyl (C=O) groups excluding carboxylic acids is 1. The van der Waals surface area contributed by atoms with Crippen LogP contribution in [0, 0.1) is 23.2 Å². The van der Waals surface area contributed by atoms with Gasteiger partial charge in [-0.2, -0.15) is 0 Å². The lowest BCUT2D eigenvalue weighted by molar-refractivity contribution is -0.304. The lowest BCUT2D eigenvalue weighted by Gasteiger charge is -2.48. The Morgan fingerprint density at radius 2 is 2.05 bits per heavy atom. The van der Waals surface area contributed by atoms with E-state index in [1.54, 1.807) is 0 Å². The largest absolute Gasteiger partial charge is 0.458 e. The zero-order chi connectivity index (χ0) is 14.7. The molecule has 0 aromatic carbocycles. The van der Waals surface area contributed by atoms with Gasteiger partial charge in [-0.3, -0.25) is 0 Å². The molecule has 1 aliphatic carbocycles. The minimum Gasteiger partial charge on any atom is -0.458 e. The van der Waals surface area contributed by atoms with Crippen molar-refractivity contribution in [1.29, 1.82) is 0 Å². The molecule has 5 nitrogen and oxygen atoms in total. The minimum absolute atomic E-state index is 0.0616. The fraction of sp³-hybridized carbons (Fsp3) is 0.800. The monoisotopic (exact) mass is 282 g/mol. The third-order valence-electron chi connectivity index (χ3n) is 5.52. The Labute approximate surface area is 118 Å². The summed E-state index contributed by atoms with van der Waals surface area (Å²) in [6.45, 7) is 7.91. The van der Waals surface area contributed by atoms with Crippen molar-refractivity contribution in [2.45, 2.75) is 51.8 Å². The van der Waals surface area contributed by atoms with Crippen LogP contribution in [-0.2, 0) is 14.3 Å². The first-order chi connectivity index (χ1) is 9.33. The summed E-state index contributed by atoms with van der Waals surface area (Å²) < 4.78 is 10.6. The van der Waals surface area contributed by atoms with Gasteiger partial charge in [-0.15, -0.1) is 0 Å². The molecule has 7 atom stereocenters. The molecule has 0 amide bonds. The quantitative estimate of drug-likeness (QED) is 0.515. The highest BCUT2D eigenvalue weighted by molar-refractivity contribution is 5.90. The van der Waals surface area contributed by atoms with Gasteiger partial charge in [0.05, 0.1) is 0 Å². The maximum absolute atomic E-state index is 11.7. The molecule has 2 saturated heterocycles. The van der Waals surface area contributed by atoms with E-state index in [9.17, 15) is 15.0 Å². The maximum Gasteiger partial charge on any atom is 0.334 e. The summed E-state index contributed by atoms with van der Waals surface area (Å²) >= 11 is 0.